The first kappa shape index (κ1) is 14.3. The summed E-state index contributed by atoms with van der Waals surface area (Å²) in [6.45, 7) is 1.91. The second kappa shape index (κ2) is 5.46. The highest BCUT2D eigenvalue weighted by molar-refractivity contribution is 7.90. The Balaban J connectivity index is 2.16. The van der Waals surface area contributed by atoms with Crippen molar-refractivity contribution in [2.24, 2.45) is 0 Å². The lowest BCUT2D eigenvalue weighted by Gasteiger charge is -2.06. The fourth-order valence-electron chi connectivity index (χ4n) is 1.78. The van der Waals surface area contributed by atoms with E-state index in [2.05, 4.69) is 5.32 Å². The van der Waals surface area contributed by atoms with Gasteiger partial charge >= 0.3 is 0 Å². The maximum absolute atomic E-state index is 12.0. The molecule has 4 nitrogen and oxygen atoms in total. The maximum Gasteiger partial charge on any atom is 0.255 e. The molecule has 2 aromatic rings. The standard InChI is InChI=1S/C15H15NO3S/c1-11-4-3-5-12(10-11)15(17)16-13-6-8-14(9-7-13)20(2,18)19/h3-10H,1-2H3,(H,16,17). The van der Waals surface area contributed by atoms with Crippen LogP contribution in [0.15, 0.2) is 53.4 Å². The Kier molecular flexibility index (Phi) is 3.90. The van der Waals surface area contributed by atoms with E-state index in [0.29, 0.717) is 11.3 Å². The Morgan fingerprint density at radius 3 is 2.25 bits per heavy atom. The number of carbonyl (C=O) groups excluding carboxylic acids is 1. The first-order valence-corrected chi connectivity index (χ1v) is 7.93. The lowest BCUT2D eigenvalue weighted by atomic mass is 10.1. The minimum Gasteiger partial charge on any atom is -0.322 e. The number of aryl methyl sites for hydroxylation is 1. The Morgan fingerprint density at radius 2 is 1.70 bits per heavy atom. The molecule has 5 heteroatoms. The molecule has 0 bridgehead atoms. The van der Waals surface area contributed by atoms with Gasteiger partial charge in [-0.2, -0.15) is 0 Å². The normalized spacial score (nSPS) is 11.1. The van der Waals surface area contributed by atoms with E-state index in [1.165, 1.54) is 12.1 Å². The molecule has 1 amide bonds. The van der Waals surface area contributed by atoms with E-state index in [0.717, 1.165) is 11.8 Å². The fourth-order valence-corrected chi connectivity index (χ4v) is 2.41. The summed E-state index contributed by atoms with van der Waals surface area (Å²) in [7, 11) is -3.22. The molecule has 0 saturated carbocycles. The van der Waals surface area contributed by atoms with Crippen LogP contribution in [0, 0.1) is 6.92 Å². The largest absolute Gasteiger partial charge is 0.322 e. The number of hydrogen-bond donors (Lipinski definition) is 1. The maximum atomic E-state index is 12.0. The molecule has 20 heavy (non-hydrogen) atoms. The van der Waals surface area contributed by atoms with Gasteiger partial charge in [-0.15, -0.1) is 0 Å². The average Bonchev–Trinajstić information content (AvgIpc) is 2.38. The van der Waals surface area contributed by atoms with Gasteiger partial charge in [0.25, 0.3) is 5.91 Å². The number of anilines is 1. The van der Waals surface area contributed by atoms with Gasteiger partial charge in [0, 0.05) is 17.5 Å². The molecule has 0 aliphatic rings. The highest BCUT2D eigenvalue weighted by Gasteiger charge is 2.08. The summed E-state index contributed by atoms with van der Waals surface area (Å²) >= 11 is 0. The van der Waals surface area contributed by atoms with Crippen LogP contribution in [0.2, 0.25) is 0 Å². The van der Waals surface area contributed by atoms with Crippen LogP contribution < -0.4 is 5.32 Å². The molecule has 0 heterocycles. The van der Waals surface area contributed by atoms with Gasteiger partial charge in [0.2, 0.25) is 0 Å². The topological polar surface area (TPSA) is 63.2 Å². The van der Waals surface area contributed by atoms with Gasteiger partial charge in [0.1, 0.15) is 0 Å². The van der Waals surface area contributed by atoms with Crippen molar-refractivity contribution in [3.05, 3.63) is 59.7 Å². The van der Waals surface area contributed by atoms with Crippen LogP contribution in [-0.2, 0) is 9.84 Å². The quantitative estimate of drug-likeness (QED) is 0.944. The number of carbonyl (C=O) groups is 1. The van der Waals surface area contributed by atoms with Gasteiger partial charge in [-0.05, 0) is 43.3 Å². The Morgan fingerprint density at radius 1 is 1.05 bits per heavy atom. The Labute approximate surface area is 118 Å². The summed E-state index contributed by atoms with van der Waals surface area (Å²) < 4.78 is 22.7. The van der Waals surface area contributed by atoms with Crippen molar-refractivity contribution in [3.8, 4) is 0 Å². The zero-order valence-electron chi connectivity index (χ0n) is 11.3. The van der Waals surface area contributed by atoms with Crippen LogP contribution in [0.3, 0.4) is 0 Å². The number of amides is 1. The molecule has 0 fully saturated rings. The third kappa shape index (κ3) is 3.45. The number of rotatable bonds is 3. The molecule has 0 radical (unpaired) electrons. The highest BCUT2D eigenvalue weighted by Crippen LogP contribution is 2.15. The van der Waals surface area contributed by atoms with Crippen LogP contribution in [0.5, 0.6) is 0 Å². The van der Waals surface area contributed by atoms with Crippen molar-refractivity contribution in [1.82, 2.24) is 0 Å². The Hall–Kier alpha value is -2.14. The van der Waals surface area contributed by atoms with Crippen molar-refractivity contribution < 1.29 is 13.2 Å². The first-order chi connectivity index (χ1) is 9.36. The number of hydrogen-bond acceptors (Lipinski definition) is 3. The van der Waals surface area contributed by atoms with Gasteiger partial charge in [-0.1, -0.05) is 17.7 Å². The summed E-state index contributed by atoms with van der Waals surface area (Å²) in [5.41, 5.74) is 2.13. The number of sulfone groups is 1. The summed E-state index contributed by atoms with van der Waals surface area (Å²) in [4.78, 5) is 12.2. The SMILES string of the molecule is Cc1cccc(C(=O)Nc2ccc(S(C)(=O)=O)cc2)c1. The van der Waals surface area contributed by atoms with E-state index in [-0.39, 0.29) is 10.8 Å². The van der Waals surface area contributed by atoms with Crippen LogP contribution in [0.4, 0.5) is 5.69 Å². The summed E-state index contributed by atoms with van der Waals surface area (Å²) in [5, 5.41) is 2.73. The number of nitrogens with one attached hydrogen (secondary N) is 1. The Bertz CT molecular complexity index is 734. The number of benzene rings is 2. The predicted molar refractivity (Wildman–Crippen MR) is 78.7 cm³/mol. The average molecular weight is 289 g/mol. The molecule has 2 aromatic carbocycles. The van der Waals surface area contributed by atoms with Gasteiger partial charge in [-0.25, -0.2) is 8.42 Å². The van der Waals surface area contributed by atoms with E-state index in [9.17, 15) is 13.2 Å². The predicted octanol–water partition coefficient (Wildman–Crippen LogP) is 2.65. The molecule has 104 valence electrons. The summed E-state index contributed by atoms with van der Waals surface area (Å²) in [5.74, 6) is -0.221. The molecule has 0 unspecified atom stereocenters. The molecule has 0 aliphatic heterocycles. The lowest BCUT2D eigenvalue weighted by Crippen LogP contribution is -2.12. The van der Waals surface area contributed by atoms with Crippen LogP contribution in [0.1, 0.15) is 15.9 Å². The van der Waals surface area contributed by atoms with Gasteiger partial charge in [0.05, 0.1) is 4.90 Å². The molecule has 2 rings (SSSR count). The van der Waals surface area contributed by atoms with E-state index < -0.39 is 9.84 Å². The minimum atomic E-state index is -3.22. The van der Waals surface area contributed by atoms with Crippen LogP contribution in [0.25, 0.3) is 0 Å². The molecular formula is C15H15NO3S. The second-order valence-corrected chi connectivity index (χ2v) is 6.64. The van der Waals surface area contributed by atoms with Gasteiger partial charge < -0.3 is 5.32 Å². The molecular weight excluding hydrogens is 274 g/mol. The lowest BCUT2D eigenvalue weighted by molar-refractivity contribution is 0.102. The molecule has 0 spiro atoms. The van der Waals surface area contributed by atoms with Crippen LogP contribution in [-0.4, -0.2) is 20.6 Å². The zero-order valence-corrected chi connectivity index (χ0v) is 12.1. The molecule has 0 atom stereocenters. The molecule has 0 aliphatic carbocycles. The van der Waals surface area contributed by atoms with Crippen LogP contribution >= 0.6 is 0 Å². The van der Waals surface area contributed by atoms with E-state index >= 15 is 0 Å². The fraction of sp³-hybridized carbons (Fsp3) is 0.133. The first-order valence-electron chi connectivity index (χ1n) is 6.04. The molecule has 1 N–H and O–H groups in total. The van der Waals surface area contributed by atoms with Gasteiger partial charge in [0.15, 0.2) is 9.84 Å². The molecule has 0 aromatic heterocycles. The zero-order chi connectivity index (χ0) is 14.8. The summed E-state index contributed by atoms with van der Waals surface area (Å²) in [6, 6.07) is 13.3. The van der Waals surface area contributed by atoms with Crippen molar-refractivity contribution in [2.45, 2.75) is 11.8 Å². The third-order valence-corrected chi connectivity index (χ3v) is 3.95. The molecule has 0 saturated heterocycles. The van der Waals surface area contributed by atoms with Crippen molar-refractivity contribution >= 4 is 21.4 Å². The van der Waals surface area contributed by atoms with Crippen molar-refractivity contribution in [3.63, 3.8) is 0 Å². The van der Waals surface area contributed by atoms with E-state index in [1.807, 2.05) is 19.1 Å². The third-order valence-electron chi connectivity index (χ3n) is 2.82. The van der Waals surface area contributed by atoms with Crippen molar-refractivity contribution in [2.75, 3.05) is 11.6 Å². The van der Waals surface area contributed by atoms with Gasteiger partial charge in [-0.3, -0.25) is 4.79 Å². The smallest absolute Gasteiger partial charge is 0.255 e. The second-order valence-electron chi connectivity index (χ2n) is 4.62. The van der Waals surface area contributed by atoms with E-state index in [1.54, 1.807) is 24.3 Å². The minimum absolute atomic E-state index is 0.221. The monoisotopic (exact) mass is 289 g/mol. The highest BCUT2D eigenvalue weighted by atomic mass is 32.2. The van der Waals surface area contributed by atoms with Crippen molar-refractivity contribution in [1.29, 1.82) is 0 Å². The summed E-state index contributed by atoms with van der Waals surface area (Å²) in [6.07, 6.45) is 1.15. The van der Waals surface area contributed by atoms with E-state index in [4.69, 9.17) is 0 Å².